The number of carbonyl (C=O) groups excluding carboxylic acids is 1. The smallest absolute Gasteiger partial charge is 0.248 e. The largest absolute Gasteiger partial charge is 0.363 e. The van der Waals surface area contributed by atoms with Crippen molar-refractivity contribution in [2.45, 2.75) is 38.3 Å². The fourth-order valence-corrected chi connectivity index (χ4v) is 3.25. The minimum atomic E-state index is -0.137. The molecule has 1 amide bonds. The van der Waals surface area contributed by atoms with Gasteiger partial charge in [-0.3, -0.25) is 4.79 Å². The van der Waals surface area contributed by atoms with Gasteiger partial charge in [0.15, 0.2) is 0 Å². The van der Waals surface area contributed by atoms with Gasteiger partial charge in [0.1, 0.15) is 6.61 Å². The summed E-state index contributed by atoms with van der Waals surface area (Å²) in [5.41, 5.74) is 2.30. The molecule has 0 bridgehead atoms. The Morgan fingerprint density at radius 1 is 1.24 bits per heavy atom. The van der Waals surface area contributed by atoms with Crippen LogP contribution in [0.1, 0.15) is 30.4 Å². The molecule has 0 radical (unpaired) electrons. The fraction of sp³-hybridized carbons (Fsp3) is 0.588. The third-order valence-electron chi connectivity index (χ3n) is 4.57. The van der Waals surface area contributed by atoms with Crippen molar-refractivity contribution in [3.63, 3.8) is 0 Å². The van der Waals surface area contributed by atoms with E-state index in [4.69, 9.17) is 4.74 Å². The molecule has 0 aromatic heterocycles. The highest BCUT2D eigenvalue weighted by atomic mass is 16.5. The minimum absolute atomic E-state index is 0.110. The average molecular weight is 288 g/mol. The van der Waals surface area contributed by atoms with Crippen LogP contribution in [0.15, 0.2) is 24.3 Å². The van der Waals surface area contributed by atoms with Gasteiger partial charge in [0.25, 0.3) is 0 Å². The SMILES string of the molecule is Cc1ccc(CN2CC3(CCCNCC3)OCC2=O)cc1. The summed E-state index contributed by atoms with van der Waals surface area (Å²) in [7, 11) is 0. The monoisotopic (exact) mass is 288 g/mol. The van der Waals surface area contributed by atoms with Crippen LogP contribution in [0.2, 0.25) is 0 Å². The first-order chi connectivity index (χ1) is 10.2. The van der Waals surface area contributed by atoms with Gasteiger partial charge in [-0.1, -0.05) is 29.8 Å². The number of aryl methyl sites for hydroxylation is 1. The van der Waals surface area contributed by atoms with Crippen LogP contribution in [0.25, 0.3) is 0 Å². The normalized spacial score (nSPS) is 26.9. The second-order valence-electron chi connectivity index (χ2n) is 6.31. The molecule has 2 aliphatic rings. The number of hydrogen-bond donors (Lipinski definition) is 1. The van der Waals surface area contributed by atoms with E-state index in [1.807, 2.05) is 4.90 Å². The quantitative estimate of drug-likeness (QED) is 0.903. The molecule has 1 atom stereocenters. The number of nitrogens with zero attached hydrogens (tertiary/aromatic N) is 1. The zero-order chi connectivity index (χ0) is 14.7. The van der Waals surface area contributed by atoms with Crippen LogP contribution in [0.4, 0.5) is 0 Å². The Hall–Kier alpha value is -1.39. The summed E-state index contributed by atoms with van der Waals surface area (Å²) in [4.78, 5) is 14.1. The van der Waals surface area contributed by atoms with Gasteiger partial charge in [-0.2, -0.15) is 0 Å². The van der Waals surface area contributed by atoms with E-state index in [1.165, 1.54) is 11.1 Å². The highest BCUT2D eigenvalue weighted by molar-refractivity contribution is 5.78. The van der Waals surface area contributed by atoms with Crippen LogP contribution < -0.4 is 5.32 Å². The highest BCUT2D eigenvalue weighted by Gasteiger charge is 2.39. The number of rotatable bonds is 2. The molecule has 4 nitrogen and oxygen atoms in total. The average Bonchev–Trinajstić information content (AvgIpc) is 2.71. The molecule has 1 unspecified atom stereocenters. The summed E-state index contributed by atoms with van der Waals surface area (Å²) < 4.78 is 5.95. The van der Waals surface area contributed by atoms with E-state index in [2.05, 4.69) is 36.5 Å². The van der Waals surface area contributed by atoms with Crippen molar-refractivity contribution in [1.82, 2.24) is 10.2 Å². The van der Waals surface area contributed by atoms with Crippen molar-refractivity contribution in [2.75, 3.05) is 26.2 Å². The molecule has 1 N–H and O–H groups in total. The van der Waals surface area contributed by atoms with Crippen LogP contribution in [0.5, 0.6) is 0 Å². The van der Waals surface area contributed by atoms with Crippen LogP contribution >= 0.6 is 0 Å². The molecule has 1 aromatic carbocycles. The lowest BCUT2D eigenvalue weighted by Crippen LogP contribution is -2.54. The summed E-state index contributed by atoms with van der Waals surface area (Å²) in [5, 5.41) is 3.42. The highest BCUT2D eigenvalue weighted by Crippen LogP contribution is 2.29. The van der Waals surface area contributed by atoms with Crippen LogP contribution in [0.3, 0.4) is 0 Å². The predicted octanol–water partition coefficient (Wildman–Crippen LogP) is 1.87. The Labute approximate surface area is 126 Å². The maximum absolute atomic E-state index is 12.2. The van der Waals surface area contributed by atoms with E-state index in [-0.39, 0.29) is 18.1 Å². The van der Waals surface area contributed by atoms with E-state index in [9.17, 15) is 4.79 Å². The molecule has 2 heterocycles. The van der Waals surface area contributed by atoms with Crippen molar-refractivity contribution in [3.05, 3.63) is 35.4 Å². The number of morpholine rings is 1. The van der Waals surface area contributed by atoms with Gasteiger partial charge < -0.3 is 15.0 Å². The Morgan fingerprint density at radius 2 is 2.05 bits per heavy atom. The van der Waals surface area contributed by atoms with E-state index >= 15 is 0 Å². The van der Waals surface area contributed by atoms with E-state index in [1.54, 1.807) is 0 Å². The number of ether oxygens (including phenoxy) is 1. The molecule has 4 heteroatoms. The van der Waals surface area contributed by atoms with Crippen molar-refractivity contribution < 1.29 is 9.53 Å². The number of hydrogen-bond acceptors (Lipinski definition) is 3. The minimum Gasteiger partial charge on any atom is -0.363 e. The molecule has 2 saturated heterocycles. The summed E-state index contributed by atoms with van der Waals surface area (Å²) in [6, 6.07) is 8.43. The van der Waals surface area contributed by atoms with Gasteiger partial charge in [0, 0.05) is 6.54 Å². The molecule has 0 aliphatic carbocycles. The molecule has 1 aromatic rings. The lowest BCUT2D eigenvalue weighted by Gasteiger charge is -2.42. The number of nitrogens with one attached hydrogen (secondary N) is 1. The van der Waals surface area contributed by atoms with Gasteiger partial charge in [0.05, 0.1) is 12.1 Å². The summed E-state index contributed by atoms with van der Waals surface area (Å²) in [6.07, 6.45) is 3.15. The van der Waals surface area contributed by atoms with Gasteiger partial charge in [0.2, 0.25) is 5.91 Å². The maximum Gasteiger partial charge on any atom is 0.248 e. The van der Waals surface area contributed by atoms with Crippen LogP contribution in [-0.2, 0) is 16.1 Å². The second-order valence-corrected chi connectivity index (χ2v) is 6.31. The van der Waals surface area contributed by atoms with Crippen LogP contribution in [-0.4, -0.2) is 42.6 Å². The molecule has 0 saturated carbocycles. The van der Waals surface area contributed by atoms with Gasteiger partial charge in [-0.15, -0.1) is 0 Å². The molecule has 21 heavy (non-hydrogen) atoms. The van der Waals surface area contributed by atoms with Crippen molar-refractivity contribution in [2.24, 2.45) is 0 Å². The third-order valence-corrected chi connectivity index (χ3v) is 4.57. The Bertz CT molecular complexity index is 490. The Morgan fingerprint density at radius 3 is 2.86 bits per heavy atom. The Balaban J connectivity index is 1.71. The molecule has 114 valence electrons. The zero-order valence-corrected chi connectivity index (χ0v) is 12.7. The van der Waals surface area contributed by atoms with Crippen molar-refractivity contribution in [1.29, 1.82) is 0 Å². The van der Waals surface area contributed by atoms with Gasteiger partial charge in [-0.25, -0.2) is 0 Å². The van der Waals surface area contributed by atoms with Gasteiger partial charge >= 0.3 is 0 Å². The number of benzene rings is 1. The first-order valence-electron chi connectivity index (χ1n) is 7.85. The summed E-state index contributed by atoms with van der Waals surface area (Å²) >= 11 is 0. The van der Waals surface area contributed by atoms with E-state index in [0.717, 1.165) is 38.9 Å². The van der Waals surface area contributed by atoms with Crippen LogP contribution in [0, 0.1) is 6.92 Å². The molecular weight excluding hydrogens is 264 g/mol. The van der Waals surface area contributed by atoms with Crippen molar-refractivity contribution in [3.8, 4) is 0 Å². The fourth-order valence-electron chi connectivity index (χ4n) is 3.25. The topological polar surface area (TPSA) is 41.6 Å². The standard InChI is InChI=1S/C17H24N2O2/c1-14-3-5-15(6-4-14)11-19-13-17(21-12-16(19)20)7-2-9-18-10-8-17/h3-6,18H,2,7-13H2,1H3. The van der Waals surface area contributed by atoms with Crippen molar-refractivity contribution >= 4 is 5.91 Å². The van der Waals surface area contributed by atoms with E-state index < -0.39 is 0 Å². The third kappa shape index (κ3) is 3.44. The molecule has 3 rings (SSSR count). The first-order valence-corrected chi connectivity index (χ1v) is 7.85. The Kier molecular flexibility index (Phi) is 4.27. The zero-order valence-electron chi connectivity index (χ0n) is 12.7. The maximum atomic E-state index is 12.2. The summed E-state index contributed by atoms with van der Waals surface area (Å²) in [5.74, 6) is 0.110. The predicted molar refractivity (Wildman–Crippen MR) is 82.0 cm³/mol. The number of amides is 1. The number of carbonyl (C=O) groups is 1. The molecule has 1 spiro atoms. The second kappa shape index (κ2) is 6.16. The lowest BCUT2D eigenvalue weighted by molar-refractivity contribution is -0.166. The first kappa shape index (κ1) is 14.5. The van der Waals surface area contributed by atoms with E-state index in [0.29, 0.717) is 6.54 Å². The molecule has 2 fully saturated rings. The van der Waals surface area contributed by atoms with Gasteiger partial charge in [-0.05, 0) is 44.8 Å². The molecule has 2 aliphatic heterocycles. The summed E-state index contributed by atoms with van der Waals surface area (Å²) in [6.45, 7) is 5.76. The molecular formula is C17H24N2O2. The lowest BCUT2D eigenvalue weighted by atomic mass is 9.92.